The van der Waals surface area contributed by atoms with E-state index in [1.165, 1.54) is 6.07 Å². The monoisotopic (exact) mass is 417 g/mol. The van der Waals surface area contributed by atoms with E-state index in [1.807, 2.05) is 45.4 Å². The molecule has 0 radical (unpaired) electrons. The molecule has 0 saturated heterocycles. The highest BCUT2D eigenvalue weighted by atomic mass is 19.1. The molecule has 0 saturated carbocycles. The quantitative estimate of drug-likeness (QED) is 0.803. The molecule has 0 unspecified atom stereocenters. The van der Waals surface area contributed by atoms with Crippen molar-refractivity contribution in [2.24, 2.45) is 11.1 Å². The minimum Gasteiger partial charge on any atom is -0.364 e. The zero-order valence-corrected chi connectivity index (χ0v) is 18.7. The van der Waals surface area contributed by atoms with Crippen LogP contribution in [-0.4, -0.2) is 46.9 Å². The Labute approximate surface area is 177 Å². The van der Waals surface area contributed by atoms with Gasteiger partial charge in [-0.1, -0.05) is 26.8 Å². The number of likely N-dealkylation sites (N-methyl/N-ethyl adjacent to an activating group) is 1. The molecule has 3 N–H and O–H groups in total. The van der Waals surface area contributed by atoms with Gasteiger partial charge in [-0.05, 0) is 37.1 Å². The molecule has 0 bridgehead atoms. The molecule has 30 heavy (non-hydrogen) atoms. The van der Waals surface area contributed by atoms with Crippen molar-refractivity contribution >= 4 is 11.8 Å². The molecule has 0 aliphatic carbocycles. The van der Waals surface area contributed by atoms with Gasteiger partial charge in [0.15, 0.2) is 5.69 Å². The van der Waals surface area contributed by atoms with E-state index in [4.69, 9.17) is 5.73 Å². The van der Waals surface area contributed by atoms with Crippen LogP contribution in [0.15, 0.2) is 18.2 Å². The van der Waals surface area contributed by atoms with Crippen molar-refractivity contribution in [2.45, 2.75) is 47.2 Å². The summed E-state index contributed by atoms with van der Waals surface area (Å²) in [5.74, 6) is -0.322. The summed E-state index contributed by atoms with van der Waals surface area (Å²) in [6, 6.07) is 5.00. The highest BCUT2D eigenvalue weighted by Gasteiger charge is 2.26. The predicted molar refractivity (Wildman–Crippen MR) is 115 cm³/mol. The Balaban J connectivity index is 0.000000303. The number of carbonyl (C=O) groups excluding carboxylic acids is 2. The lowest BCUT2D eigenvalue weighted by Crippen LogP contribution is -2.31. The number of aryl methyl sites for hydroxylation is 1. The number of carbonyl (C=O) groups is 2. The number of nitrogens with two attached hydrogens (primary N) is 1. The molecule has 3 rings (SSSR count). The number of benzene rings is 1. The molecule has 1 aromatic heterocycles. The molecule has 1 aromatic carbocycles. The fourth-order valence-corrected chi connectivity index (χ4v) is 3.27. The first-order valence-corrected chi connectivity index (χ1v) is 9.97. The second-order valence-electron chi connectivity index (χ2n) is 8.88. The van der Waals surface area contributed by atoms with E-state index >= 15 is 0 Å². The van der Waals surface area contributed by atoms with E-state index in [2.05, 4.69) is 15.2 Å². The van der Waals surface area contributed by atoms with Crippen molar-refractivity contribution in [3.63, 3.8) is 0 Å². The minimum atomic E-state index is -0.576. The fraction of sp³-hybridized carbons (Fsp3) is 0.500. The van der Waals surface area contributed by atoms with Crippen LogP contribution >= 0.6 is 0 Å². The predicted octanol–water partition coefficient (Wildman–Crippen LogP) is 2.71. The molecular weight excluding hydrogens is 385 g/mol. The van der Waals surface area contributed by atoms with Gasteiger partial charge in [0.2, 0.25) is 5.91 Å². The first kappa shape index (κ1) is 23.5. The molecule has 1 aliphatic rings. The van der Waals surface area contributed by atoms with Crippen LogP contribution in [0.25, 0.3) is 11.4 Å². The number of hydrogen-bond acceptors (Lipinski definition) is 4. The summed E-state index contributed by atoms with van der Waals surface area (Å²) >= 11 is 0. The summed E-state index contributed by atoms with van der Waals surface area (Å²) in [5, 5.41) is 2.58. The standard InChI is InChI=1S/C15H17FN4O.C7H15NO/c1-9-3-4-10(11(16)7-9)15-18-13(14(17)21)12-8-19(2)5-6-20(12)15;1-7(2,3)5-6(9)8-4/h3-4,7H,5-6,8H2,1-2H3,(H2,17,21);5H2,1-4H3,(H,8,9). The average molecular weight is 418 g/mol. The molecule has 2 amide bonds. The number of nitrogens with one attached hydrogen (secondary N) is 1. The smallest absolute Gasteiger partial charge is 0.269 e. The lowest BCUT2D eigenvalue weighted by molar-refractivity contribution is -0.122. The number of imidazole rings is 1. The molecule has 0 fully saturated rings. The Morgan fingerprint density at radius 2 is 1.93 bits per heavy atom. The summed E-state index contributed by atoms with van der Waals surface area (Å²) in [7, 11) is 3.63. The van der Waals surface area contributed by atoms with Crippen molar-refractivity contribution in [1.29, 1.82) is 0 Å². The van der Waals surface area contributed by atoms with E-state index in [0.717, 1.165) is 17.8 Å². The van der Waals surface area contributed by atoms with E-state index in [0.29, 0.717) is 30.9 Å². The molecule has 8 heteroatoms. The highest BCUT2D eigenvalue weighted by molar-refractivity contribution is 5.93. The zero-order valence-electron chi connectivity index (χ0n) is 18.7. The van der Waals surface area contributed by atoms with Crippen molar-refractivity contribution in [1.82, 2.24) is 19.8 Å². The van der Waals surface area contributed by atoms with Crippen LogP contribution < -0.4 is 11.1 Å². The molecular formula is C22H32FN5O2. The number of nitrogens with zero attached hydrogens (tertiary/aromatic N) is 3. The fourth-order valence-electron chi connectivity index (χ4n) is 3.27. The topological polar surface area (TPSA) is 93.3 Å². The molecule has 7 nitrogen and oxygen atoms in total. The van der Waals surface area contributed by atoms with Gasteiger partial charge in [-0.3, -0.25) is 14.5 Å². The first-order chi connectivity index (χ1) is 13.9. The highest BCUT2D eigenvalue weighted by Crippen LogP contribution is 2.28. The van der Waals surface area contributed by atoms with E-state index in [-0.39, 0.29) is 22.8 Å². The zero-order chi connectivity index (χ0) is 22.6. The number of rotatable bonds is 3. The van der Waals surface area contributed by atoms with Gasteiger partial charge in [0.1, 0.15) is 11.6 Å². The second kappa shape index (κ2) is 9.38. The lowest BCUT2D eigenvalue weighted by atomic mass is 9.92. The molecule has 0 spiro atoms. The van der Waals surface area contributed by atoms with Gasteiger partial charge in [0.25, 0.3) is 5.91 Å². The maximum absolute atomic E-state index is 14.2. The molecule has 2 aromatic rings. The average Bonchev–Trinajstić information content (AvgIpc) is 2.99. The Morgan fingerprint density at radius 3 is 2.43 bits per heavy atom. The molecule has 1 aliphatic heterocycles. The van der Waals surface area contributed by atoms with Gasteiger partial charge >= 0.3 is 0 Å². The van der Waals surface area contributed by atoms with Crippen molar-refractivity contribution in [3.8, 4) is 11.4 Å². The normalized spacial score (nSPS) is 13.8. The van der Waals surface area contributed by atoms with Crippen molar-refractivity contribution in [2.75, 3.05) is 20.6 Å². The number of amides is 2. The van der Waals surface area contributed by atoms with Crippen LogP contribution in [0.2, 0.25) is 0 Å². The summed E-state index contributed by atoms with van der Waals surface area (Å²) in [6.45, 7) is 10.0. The van der Waals surface area contributed by atoms with Crippen molar-refractivity contribution < 1.29 is 14.0 Å². The van der Waals surface area contributed by atoms with Crippen LogP contribution in [0.5, 0.6) is 0 Å². The Morgan fingerprint density at radius 1 is 1.27 bits per heavy atom. The number of hydrogen-bond donors (Lipinski definition) is 2. The summed E-state index contributed by atoms with van der Waals surface area (Å²) < 4.78 is 16.1. The third-order valence-electron chi connectivity index (χ3n) is 4.77. The largest absolute Gasteiger partial charge is 0.364 e. The van der Waals surface area contributed by atoms with E-state index in [1.54, 1.807) is 13.1 Å². The maximum Gasteiger partial charge on any atom is 0.269 e. The minimum absolute atomic E-state index is 0.111. The number of fused-ring (bicyclic) bond motifs is 1. The SMILES string of the molecule is CNC(=O)CC(C)(C)C.Cc1ccc(-c2nc(C(N)=O)c3n2CCN(C)C3)c(F)c1. The van der Waals surface area contributed by atoms with Crippen LogP contribution in [0, 0.1) is 18.2 Å². The molecule has 164 valence electrons. The Kier molecular flexibility index (Phi) is 7.36. The van der Waals surface area contributed by atoms with Crippen LogP contribution in [0.1, 0.15) is 48.9 Å². The molecule has 2 heterocycles. The number of halogens is 1. The lowest BCUT2D eigenvalue weighted by Gasteiger charge is -2.25. The third-order valence-corrected chi connectivity index (χ3v) is 4.77. The van der Waals surface area contributed by atoms with Gasteiger partial charge in [-0.25, -0.2) is 9.37 Å². The Bertz CT molecular complexity index is 930. The first-order valence-electron chi connectivity index (χ1n) is 9.97. The summed E-state index contributed by atoms with van der Waals surface area (Å²) in [4.78, 5) is 28.7. The van der Waals surface area contributed by atoms with Gasteiger partial charge in [0.05, 0.1) is 11.3 Å². The van der Waals surface area contributed by atoms with Gasteiger partial charge in [-0.15, -0.1) is 0 Å². The summed E-state index contributed by atoms with van der Waals surface area (Å²) in [5.41, 5.74) is 7.76. The number of aromatic nitrogens is 2. The maximum atomic E-state index is 14.2. The Hall–Kier alpha value is -2.74. The van der Waals surface area contributed by atoms with E-state index in [9.17, 15) is 14.0 Å². The van der Waals surface area contributed by atoms with Gasteiger partial charge in [0, 0.05) is 33.1 Å². The van der Waals surface area contributed by atoms with Crippen LogP contribution in [0.3, 0.4) is 0 Å². The van der Waals surface area contributed by atoms with E-state index < -0.39 is 5.91 Å². The second-order valence-corrected chi connectivity index (χ2v) is 8.88. The third kappa shape index (κ3) is 5.89. The van der Waals surface area contributed by atoms with Gasteiger partial charge < -0.3 is 15.6 Å². The van der Waals surface area contributed by atoms with Crippen LogP contribution in [0.4, 0.5) is 4.39 Å². The van der Waals surface area contributed by atoms with Gasteiger partial charge in [-0.2, -0.15) is 0 Å². The molecule has 0 atom stereocenters. The number of primary amides is 1. The van der Waals surface area contributed by atoms with Crippen molar-refractivity contribution in [3.05, 3.63) is 41.0 Å². The van der Waals surface area contributed by atoms with Crippen LogP contribution in [-0.2, 0) is 17.9 Å². The summed E-state index contributed by atoms with van der Waals surface area (Å²) in [6.07, 6.45) is 0.601.